The van der Waals surface area contributed by atoms with Crippen molar-refractivity contribution in [2.45, 2.75) is 6.54 Å². The second-order valence-electron chi connectivity index (χ2n) is 2.06. The largest absolute Gasteiger partial charge is 0.370 e. The number of pyridine rings is 1. The Balaban J connectivity index is -0.000000151. The average Bonchev–Trinajstić information content (AvgIpc) is 2.03. The van der Waals surface area contributed by atoms with Crippen molar-refractivity contribution in [3.05, 3.63) is 30.1 Å². The zero-order valence-corrected chi connectivity index (χ0v) is 11.0. The summed E-state index contributed by atoms with van der Waals surface area (Å²) in [7, 11) is 0. The molecule has 1 aromatic rings. The molecule has 8 heteroatoms. The van der Waals surface area contributed by atoms with Gasteiger partial charge >= 0.3 is 0 Å². The Kier molecular flexibility index (Phi) is 21.7. The first-order chi connectivity index (χ1) is 5.29. The van der Waals surface area contributed by atoms with Crippen LogP contribution in [0.5, 0.6) is 0 Å². The monoisotopic (exact) mass is 294 g/mol. The molecule has 0 unspecified atom stereocenters. The number of hydrogen-bond acceptors (Lipinski definition) is 2. The number of rotatable bonds is 2. The summed E-state index contributed by atoms with van der Waals surface area (Å²) >= 11 is 0. The predicted octanol–water partition coefficient (Wildman–Crippen LogP) is 1.54. The molecule has 0 radical (unpaired) electrons. The van der Waals surface area contributed by atoms with Crippen molar-refractivity contribution in [2.75, 3.05) is 0 Å². The minimum atomic E-state index is 0. The zero-order chi connectivity index (χ0) is 8.10. The minimum Gasteiger partial charge on any atom is -0.370 e. The van der Waals surface area contributed by atoms with Crippen LogP contribution in [0.25, 0.3) is 0 Å². The molecule has 0 atom stereocenters. The minimum absolute atomic E-state index is 0. The normalized spacial score (nSPS) is 6.67. The number of nitrogens with two attached hydrogens (primary N) is 2. The molecule has 1 aromatic heterocycles. The smallest absolute Gasteiger partial charge is 0.186 e. The van der Waals surface area contributed by atoms with Crippen LogP contribution in [0.2, 0.25) is 0 Å². The lowest BCUT2D eigenvalue weighted by Crippen LogP contribution is -2.22. The van der Waals surface area contributed by atoms with Gasteiger partial charge in [0.2, 0.25) is 0 Å². The van der Waals surface area contributed by atoms with E-state index in [4.69, 9.17) is 11.5 Å². The highest BCUT2D eigenvalue weighted by Gasteiger charge is 1.88. The highest BCUT2D eigenvalue weighted by Crippen LogP contribution is 1.93. The summed E-state index contributed by atoms with van der Waals surface area (Å²) in [6.07, 6.45) is 1.71. The summed E-state index contributed by atoms with van der Waals surface area (Å²) in [6, 6.07) is 5.61. The maximum atomic E-state index is 5.14. The van der Waals surface area contributed by atoms with E-state index in [9.17, 15) is 0 Å². The van der Waals surface area contributed by atoms with Gasteiger partial charge in [-0.1, -0.05) is 6.07 Å². The first-order valence-electron chi connectivity index (χ1n) is 3.24. The van der Waals surface area contributed by atoms with Gasteiger partial charge in [-0.05, 0) is 12.1 Å². The van der Waals surface area contributed by atoms with Crippen molar-refractivity contribution in [3.63, 3.8) is 0 Å². The first kappa shape index (κ1) is 24.0. The third kappa shape index (κ3) is 11.5. The van der Waals surface area contributed by atoms with Crippen LogP contribution in [-0.4, -0.2) is 10.9 Å². The molecule has 4 N–H and O–H groups in total. The van der Waals surface area contributed by atoms with Gasteiger partial charge in [-0.3, -0.25) is 4.98 Å². The Morgan fingerprint density at radius 1 is 1.13 bits per heavy atom. The lowest BCUT2D eigenvalue weighted by Gasteiger charge is -1.93. The molecule has 1 rings (SSSR count). The van der Waals surface area contributed by atoms with Crippen molar-refractivity contribution >= 4 is 55.6 Å². The van der Waals surface area contributed by atoms with Crippen LogP contribution in [0.15, 0.2) is 29.4 Å². The van der Waals surface area contributed by atoms with Crippen LogP contribution >= 0.6 is 49.6 Å². The Morgan fingerprint density at radius 3 is 2.13 bits per heavy atom. The van der Waals surface area contributed by atoms with Gasteiger partial charge in [0.05, 0.1) is 12.2 Å². The van der Waals surface area contributed by atoms with Gasteiger partial charge in [0.15, 0.2) is 5.96 Å². The van der Waals surface area contributed by atoms with Crippen LogP contribution in [-0.2, 0) is 6.54 Å². The van der Waals surface area contributed by atoms with Crippen molar-refractivity contribution in [1.29, 1.82) is 0 Å². The molecule has 0 amide bonds. The molecule has 0 aliphatic heterocycles. The maximum Gasteiger partial charge on any atom is 0.186 e. The van der Waals surface area contributed by atoms with E-state index >= 15 is 0 Å². The fraction of sp³-hybridized carbons (Fsp3) is 0.143. The first-order valence-corrected chi connectivity index (χ1v) is 3.24. The number of hydrogen-bond donors (Lipinski definition) is 2. The predicted molar refractivity (Wildman–Crippen MR) is 72.7 cm³/mol. The fourth-order valence-electron chi connectivity index (χ4n) is 0.664. The van der Waals surface area contributed by atoms with Crippen LogP contribution in [0.4, 0.5) is 0 Å². The number of halogens is 4. The van der Waals surface area contributed by atoms with Crippen molar-refractivity contribution in [1.82, 2.24) is 4.98 Å². The number of nitrogens with zero attached hydrogens (tertiary/aromatic N) is 2. The third-order valence-corrected chi connectivity index (χ3v) is 1.15. The summed E-state index contributed by atoms with van der Waals surface area (Å²) in [5.41, 5.74) is 11.1. The highest BCUT2D eigenvalue weighted by molar-refractivity contribution is 5.86. The van der Waals surface area contributed by atoms with E-state index in [-0.39, 0.29) is 55.6 Å². The van der Waals surface area contributed by atoms with E-state index in [0.717, 1.165) is 5.69 Å². The van der Waals surface area contributed by atoms with Crippen LogP contribution in [0, 0.1) is 0 Å². The molecule has 15 heavy (non-hydrogen) atoms. The Hall–Kier alpha value is -0.420. The summed E-state index contributed by atoms with van der Waals surface area (Å²) in [4.78, 5) is 7.84. The second-order valence-corrected chi connectivity index (χ2v) is 2.06. The molecule has 0 aromatic carbocycles. The number of guanidine groups is 1. The molecule has 0 saturated carbocycles. The van der Waals surface area contributed by atoms with Gasteiger partial charge in [0.1, 0.15) is 0 Å². The standard InChI is InChI=1S/C7H10N4.4ClH/c8-7(9)11-5-6-3-1-2-4-10-6;;;;/h1-4H,5H2,(H4,8,9,11);4*1H. The Morgan fingerprint density at radius 2 is 1.73 bits per heavy atom. The lowest BCUT2D eigenvalue weighted by atomic mass is 10.3. The van der Waals surface area contributed by atoms with E-state index in [1.54, 1.807) is 6.20 Å². The van der Waals surface area contributed by atoms with E-state index in [1.807, 2.05) is 18.2 Å². The third-order valence-electron chi connectivity index (χ3n) is 1.15. The Labute approximate surface area is 114 Å². The van der Waals surface area contributed by atoms with Gasteiger partial charge < -0.3 is 11.5 Å². The molecular weight excluding hydrogens is 282 g/mol. The molecular formula is C7H14Cl4N4. The van der Waals surface area contributed by atoms with Gasteiger partial charge in [0.25, 0.3) is 0 Å². The maximum absolute atomic E-state index is 5.14. The van der Waals surface area contributed by atoms with Crippen molar-refractivity contribution < 1.29 is 0 Å². The molecule has 0 aliphatic rings. The molecule has 1 heterocycles. The summed E-state index contributed by atoms with van der Waals surface area (Å²) in [5.74, 6) is 0.0932. The number of aromatic nitrogens is 1. The summed E-state index contributed by atoms with van der Waals surface area (Å²) < 4.78 is 0. The summed E-state index contributed by atoms with van der Waals surface area (Å²) in [6.45, 7) is 0.448. The molecule has 0 spiro atoms. The molecule has 0 bridgehead atoms. The zero-order valence-electron chi connectivity index (χ0n) is 7.70. The molecule has 0 fully saturated rings. The van der Waals surface area contributed by atoms with E-state index in [0.29, 0.717) is 6.54 Å². The lowest BCUT2D eigenvalue weighted by molar-refractivity contribution is 0.982. The molecule has 4 nitrogen and oxygen atoms in total. The van der Waals surface area contributed by atoms with Gasteiger partial charge in [-0.15, -0.1) is 49.6 Å². The SMILES string of the molecule is Cl.Cl.Cl.Cl.NC(N)=NCc1ccccn1. The Bertz CT molecular complexity index is 250. The van der Waals surface area contributed by atoms with Gasteiger partial charge in [-0.2, -0.15) is 0 Å². The fourth-order valence-corrected chi connectivity index (χ4v) is 0.664. The van der Waals surface area contributed by atoms with Crippen molar-refractivity contribution in [2.24, 2.45) is 16.5 Å². The van der Waals surface area contributed by atoms with Gasteiger partial charge in [0, 0.05) is 6.20 Å². The molecule has 0 aliphatic carbocycles. The van der Waals surface area contributed by atoms with E-state index in [2.05, 4.69) is 9.98 Å². The van der Waals surface area contributed by atoms with Crippen molar-refractivity contribution in [3.8, 4) is 0 Å². The quantitative estimate of drug-likeness (QED) is 0.642. The average molecular weight is 296 g/mol. The van der Waals surface area contributed by atoms with Gasteiger partial charge in [-0.25, -0.2) is 4.99 Å². The summed E-state index contributed by atoms with van der Waals surface area (Å²) in [5, 5.41) is 0. The second kappa shape index (κ2) is 13.6. The van der Waals surface area contributed by atoms with Crippen LogP contribution in [0.1, 0.15) is 5.69 Å². The van der Waals surface area contributed by atoms with Crippen LogP contribution < -0.4 is 11.5 Å². The topological polar surface area (TPSA) is 77.3 Å². The highest BCUT2D eigenvalue weighted by atomic mass is 35.5. The van der Waals surface area contributed by atoms with E-state index in [1.165, 1.54) is 0 Å². The molecule has 0 saturated heterocycles. The molecule has 90 valence electrons. The van der Waals surface area contributed by atoms with Crippen LogP contribution in [0.3, 0.4) is 0 Å². The number of aliphatic imine (C=N–C) groups is 1. The van der Waals surface area contributed by atoms with E-state index < -0.39 is 0 Å².